The fourth-order valence-electron chi connectivity index (χ4n) is 1.71. The molecular weight excluding hydrogens is 246 g/mol. The van der Waals surface area contributed by atoms with Crippen LogP contribution in [-0.4, -0.2) is 10.7 Å². The zero-order chi connectivity index (χ0) is 14.0. The molecule has 0 aliphatic carbocycles. The fraction of sp³-hybridized carbons (Fsp3) is 0.214. The summed E-state index contributed by atoms with van der Waals surface area (Å²) in [4.78, 5) is 21.9. The van der Waals surface area contributed by atoms with Crippen LogP contribution in [0.3, 0.4) is 0 Å². The Morgan fingerprint density at radius 1 is 1.16 bits per heavy atom. The molecule has 0 saturated carbocycles. The summed E-state index contributed by atoms with van der Waals surface area (Å²) >= 11 is 0. The Kier molecular flexibility index (Phi) is 3.46. The van der Waals surface area contributed by atoms with E-state index in [9.17, 15) is 14.9 Å². The Morgan fingerprint density at radius 3 is 2.26 bits per heavy atom. The summed E-state index contributed by atoms with van der Waals surface area (Å²) in [6.07, 6.45) is 0. The van der Waals surface area contributed by atoms with Crippen LogP contribution >= 0.6 is 0 Å². The van der Waals surface area contributed by atoms with Gasteiger partial charge in [-0.3, -0.25) is 14.9 Å². The van der Waals surface area contributed by atoms with Gasteiger partial charge < -0.3 is 4.42 Å². The lowest BCUT2D eigenvalue weighted by molar-refractivity contribution is -0.402. The molecule has 1 aromatic heterocycles. The van der Waals surface area contributed by atoms with Gasteiger partial charge in [0.1, 0.15) is 4.92 Å². The minimum absolute atomic E-state index is 0.0241. The second-order valence-corrected chi connectivity index (χ2v) is 4.50. The van der Waals surface area contributed by atoms with Crippen molar-refractivity contribution in [3.8, 4) is 0 Å². The molecule has 0 saturated heterocycles. The lowest BCUT2D eigenvalue weighted by Crippen LogP contribution is -2.00. The zero-order valence-electron chi connectivity index (χ0n) is 10.6. The first-order valence-corrected chi connectivity index (χ1v) is 5.88. The molecule has 0 N–H and O–H groups in total. The second-order valence-electron chi connectivity index (χ2n) is 4.50. The number of nitro groups is 1. The molecule has 0 aliphatic heterocycles. The van der Waals surface area contributed by atoms with Crippen molar-refractivity contribution >= 4 is 11.7 Å². The Labute approximate surface area is 110 Å². The first-order valence-electron chi connectivity index (χ1n) is 5.88. The van der Waals surface area contributed by atoms with Crippen LogP contribution in [0.5, 0.6) is 0 Å². The van der Waals surface area contributed by atoms with Crippen molar-refractivity contribution in [1.29, 1.82) is 0 Å². The van der Waals surface area contributed by atoms with E-state index in [1.54, 1.807) is 12.1 Å². The highest BCUT2D eigenvalue weighted by Crippen LogP contribution is 2.20. The average Bonchev–Trinajstić information content (AvgIpc) is 2.87. The highest BCUT2D eigenvalue weighted by Gasteiger charge is 2.18. The van der Waals surface area contributed by atoms with E-state index in [2.05, 4.69) is 13.8 Å². The highest BCUT2D eigenvalue weighted by atomic mass is 16.6. The van der Waals surface area contributed by atoms with Crippen LogP contribution in [0.15, 0.2) is 40.8 Å². The molecule has 0 spiro atoms. The third-order valence-electron chi connectivity index (χ3n) is 2.84. The molecule has 98 valence electrons. The fourth-order valence-corrected chi connectivity index (χ4v) is 1.71. The van der Waals surface area contributed by atoms with Gasteiger partial charge in [0.05, 0.1) is 6.07 Å². The van der Waals surface area contributed by atoms with Gasteiger partial charge in [-0.2, -0.15) is 0 Å². The predicted octanol–water partition coefficient (Wildman–Crippen LogP) is 3.54. The summed E-state index contributed by atoms with van der Waals surface area (Å²) in [5, 5.41) is 10.5. The molecule has 2 rings (SSSR count). The Hall–Kier alpha value is -2.43. The molecule has 0 amide bonds. The molecule has 0 unspecified atom stereocenters. The van der Waals surface area contributed by atoms with Crippen LogP contribution in [0, 0.1) is 10.1 Å². The predicted molar refractivity (Wildman–Crippen MR) is 69.3 cm³/mol. The maximum atomic E-state index is 12.0. The molecule has 1 heterocycles. The van der Waals surface area contributed by atoms with Gasteiger partial charge in [0, 0.05) is 5.56 Å². The van der Waals surface area contributed by atoms with Gasteiger partial charge in [0.15, 0.2) is 5.76 Å². The van der Waals surface area contributed by atoms with Crippen molar-refractivity contribution in [2.75, 3.05) is 0 Å². The van der Waals surface area contributed by atoms with Gasteiger partial charge in [-0.05, 0) is 17.5 Å². The van der Waals surface area contributed by atoms with E-state index in [4.69, 9.17) is 4.42 Å². The molecular formula is C14H13NO4. The van der Waals surface area contributed by atoms with Crippen LogP contribution in [0.2, 0.25) is 0 Å². The number of hydrogen-bond donors (Lipinski definition) is 0. The number of rotatable bonds is 4. The standard InChI is InChI=1S/C14H13NO4/c1-9(2)10-3-5-11(6-4-10)14(16)12-7-8-13(19-12)15(17)18/h3-9H,1-2H3. The summed E-state index contributed by atoms with van der Waals surface area (Å²) < 4.78 is 4.89. The molecule has 0 radical (unpaired) electrons. The van der Waals surface area contributed by atoms with E-state index < -0.39 is 10.8 Å². The van der Waals surface area contributed by atoms with Crippen LogP contribution in [0.4, 0.5) is 5.88 Å². The Balaban J connectivity index is 2.25. The first kappa shape index (κ1) is 13.0. The number of furan rings is 1. The van der Waals surface area contributed by atoms with Crippen molar-refractivity contribution < 1.29 is 14.1 Å². The average molecular weight is 259 g/mol. The molecule has 1 aromatic carbocycles. The van der Waals surface area contributed by atoms with E-state index in [-0.39, 0.29) is 11.5 Å². The number of carbonyl (C=O) groups is 1. The number of carbonyl (C=O) groups excluding carboxylic acids is 1. The molecule has 5 heteroatoms. The quantitative estimate of drug-likeness (QED) is 0.478. The summed E-state index contributed by atoms with van der Waals surface area (Å²) in [7, 11) is 0. The minimum Gasteiger partial charge on any atom is -0.397 e. The number of nitrogens with zero attached hydrogens (tertiary/aromatic N) is 1. The largest absolute Gasteiger partial charge is 0.433 e. The molecule has 0 bridgehead atoms. The minimum atomic E-state index is -0.668. The van der Waals surface area contributed by atoms with Crippen LogP contribution in [0.1, 0.15) is 41.4 Å². The van der Waals surface area contributed by atoms with Gasteiger partial charge >= 0.3 is 5.88 Å². The third-order valence-corrected chi connectivity index (χ3v) is 2.84. The third kappa shape index (κ3) is 2.70. The first-order chi connectivity index (χ1) is 8.99. The number of ketones is 1. The topological polar surface area (TPSA) is 73.3 Å². The lowest BCUT2D eigenvalue weighted by atomic mass is 10.00. The van der Waals surface area contributed by atoms with Crippen molar-refractivity contribution in [2.24, 2.45) is 0 Å². The maximum absolute atomic E-state index is 12.0. The van der Waals surface area contributed by atoms with Crippen molar-refractivity contribution in [3.05, 3.63) is 63.4 Å². The van der Waals surface area contributed by atoms with Gasteiger partial charge in [-0.25, -0.2) is 0 Å². The molecule has 0 atom stereocenters. The smallest absolute Gasteiger partial charge is 0.397 e. The zero-order valence-corrected chi connectivity index (χ0v) is 10.6. The van der Waals surface area contributed by atoms with E-state index in [1.165, 1.54) is 12.1 Å². The number of hydrogen-bond acceptors (Lipinski definition) is 4. The summed E-state index contributed by atoms with van der Waals surface area (Å²) in [6, 6.07) is 9.63. The number of benzene rings is 1. The van der Waals surface area contributed by atoms with E-state index >= 15 is 0 Å². The normalized spacial score (nSPS) is 10.7. The highest BCUT2D eigenvalue weighted by molar-refractivity contribution is 6.07. The monoisotopic (exact) mass is 259 g/mol. The lowest BCUT2D eigenvalue weighted by Gasteiger charge is -2.05. The van der Waals surface area contributed by atoms with E-state index in [1.807, 2.05) is 12.1 Å². The summed E-state index contributed by atoms with van der Waals surface area (Å²) in [5.74, 6) is -0.427. The van der Waals surface area contributed by atoms with Crippen LogP contribution in [-0.2, 0) is 0 Å². The summed E-state index contributed by atoms with van der Waals surface area (Å²) in [6.45, 7) is 4.12. The van der Waals surface area contributed by atoms with E-state index in [0.29, 0.717) is 11.5 Å². The van der Waals surface area contributed by atoms with Gasteiger partial charge in [0.2, 0.25) is 5.78 Å². The van der Waals surface area contributed by atoms with Gasteiger partial charge in [-0.1, -0.05) is 38.1 Å². The SMILES string of the molecule is CC(C)c1ccc(C(=O)c2ccc([N+](=O)[O-])o2)cc1. The summed E-state index contributed by atoms with van der Waals surface area (Å²) in [5.41, 5.74) is 1.58. The maximum Gasteiger partial charge on any atom is 0.433 e. The van der Waals surface area contributed by atoms with Crippen LogP contribution < -0.4 is 0 Å². The van der Waals surface area contributed by atoms with Gasteiger partial charge in [0.25, 0.3) is 0 Å². The van der Waals surface area contributed by atoms with Crippen molar-refractivity contribution in [3.63, 3.8) is 0 Å². The Bertz CT molecular complexity index is 611. The van der Waals surface area contributed by atoms with Gasteiger partial charge in [-0.15, -0.1) is 0 Å². The second kappa shape index (κ2) is 5.06. The molecule has 0 fully saturated rings. The molecule has 0 aliphatic rings. The molecule has 19 heavy (non-hydrogen) atoms. The van der Waals surface area contributed by atoms with Crippen molar-refractivity contribution in [1.82, 2.24) is 0 Å². The van der Waals surface area contributed by atoms with Crippen molar-refractivity contribution in [2.45, 2.75) is 19.8 Å². The van der Waals surface area contributed by atoms with E-state index in [0.717, 1.165) is 5.56 Å². The van der Waals surface area contributed by atoms with Crippen LogP contribution in [0.25, 0.3) is 0 Å². The Morgan fingerprint density at radius 2 is 1.79 bits per heavy atom. The molecule has 2 aromatic rings. The molecule has 5 nitrogen and oxygen atoms in total.